The van der Waals surface area contributed by atoms with Gasteiger partial charge in [0.15, 0.2) is 0 Å². The van der Waals surface area contributed by atoms with Gasteiger partial charge in [-0.2, -0.15) is 0 Å². The van der Waals surface area contributed by atoms with Crippen molar-refractivity contribution in [3.05, 3.63) is 83.4 Å². The average molecular weight is 879 g/mol. The van der Waals surface area contributed by atoms with Crippen molar-refractivity contribution in [2.75, 3.05) is 39.6 Å². The van der Waals surface area contributed by atoms with Crippen molar-refractivity contribution in [1.29, 1.82) is 0 Å². The van der Waals surface area contributed by atoms with Gasteiger partial charge in [0.05, 0.1) is 32.0 Å². The number of carbonyl (C=O) groups is 4. The van der Waals surface area contributed by atoms with E-state index in [2.05, 4.69) is 19.1 Å². The summed E-state index contributed by atoms with van der Waals surface area (Å²) in [5.74, 6) is 1.30. The summed E-state index contributed by atoms with van der Waals surface area (Å²) in [5, 5.41) is 17.4. The summed E-state index contributed by atoms with van der Waals surface area (Å²) >= 11 is 0. The van der Waals surface area contributed by atoms with Crippen LogP contribution < -0.4 is 18.9 Å². The Labute approximate surface area is 376 Å². The lowest BCUT2D eigenvalue weighted by Crippen LogP contribution is -2.09. The number of unbranched alkanes of at least 4 members (excludes halogenated alkanes) is 14. The van der Waals surface area contributed by atoms with Crippen LogP contribution in [0.15, 0.2) is 66.7 Å². The first-order chi connectivity index (χ1) is 30.6. The molecule has 2 N–H and O–H groups in total. The molecule has 0 fully saturated rings. The number of hydrogen-bond acceptors (Lipinski definition) is 12. The van der Waals surface area contributed by atoms with E-state index in [0.717, 1.165) is 109 Å². The predicted molar refractivity (Wildman–Crippen MR) is 244 cm³/mol. The van der Waals surface area contributed by atoms with Crippen LogP contribution in [0, 0.1) is 13.8 Å². The van der Waals surface area contributed by atoms with E-state index in [1.54, 1.807) is 49.4 Å². The second-order valence-corrected chi connectivity index (χ2v) is 15.7. The molecular weight excluding hydrogens is 805 g/mol. The van der Waals surface area contributed by atoms with E-state index in [4.69, 9.17) is 38.6 Å². The zero-order chi connectivity index (χ0) is 45.8. The molecule has 350 valence electrons. The van der Waals surface area contributed by atoms with Gasteiger partial charge in [0.2, 0.25) is 0 Å². The summed E-state index contributed by atoms with van der Waals surface area (Å²) in [6, 6.07) is 19.8. The molecule has 0 saturated heterocycles. The van der Waals surface area contributed by atoms with Crippen LogP contribution in [-0.2, 0) is 23.9 Å². The standard InChI is InChI=1S/C30H40O8.C21H34O4/c1-23-22-27(17-18-28(23)37-24(2)32)38-30(34)25-13-15-26(16-14-25)35-20-10-5-3-4-6-11-21-36-29(33)12-8-7-9-19-31;1-19-12-14-20(15-13-19)24-17-9-4-2-3-5-10-18-25-21(23)11-7-6-8-16-22/h13-18,22,31H,3-12,19-21H2,1-2H3;12-15,22H,2-11,16-18H2,1H3. The number of aliphatic hydroxyl groups excluding tert-OH is 2. The number of carbonyl (C=O) groups excluding carboxylic acids is 4. The highest BCUT2D eigenvalue weighted by molar-refractivity contribution is 5.91. The van der Waals surface area contributed by atoms with Gasteiger partial charge in [-0.1, -0.05) is 81.9 Å². The normalized spacial score (nSPS) is 10.6. The maximum Gasteiger partial charge on any atom is 0.343 e. The number of benzene rings is 3. The Hall–Kier alpha value is -4.94. The maximum absolute atomic E-state index is 12.4. The van der Waals surface area contributed by atoms with E-state index < -0.39 is 11.9 Å². The lowest BCUT2D eigenvalue weighted by atomic mass is 10.1. The van der Waals surface area contributed by atoms with E-state index in [-0.39, 0.29) is 25.2 Å². The van der Waals surface area contributed by atoms with E-state index >= 15 is 0 Å². The van der Waals surface area contributed by atoms with Crippen LogP contribution in [0.1, 0.15) is 157 Å². The first-order valence-corrected chi connectivity index (χ1v) is 23.1. The van der Waals surface area contributed by atoms with Gasteiger partial charge in [0.1, 0.15) is 23.0 Å². The largest absolute Gasteiger partial charge is 0.494 e. The Morgan fingerprint density at radius 1 is 0.460 bits per heavy atom. The number of aliphatic hydroxyl groups is 2. The van der Waals surface area contributed by atoms with Crippen molar-refractivity contribution in [2.45, 2.75) is 149 Å². The Bertz CT molecular complexity index is 1670. The number of rotatable bonds is 33. The average Bonchev–Trinajstić information content (AvgIpc) is 3.27. The van der Waals surface area contributed by atoms with Gasteiger partial charge in [-0.25, -0.2) is 4.79 Å². The van der Waals surface area contributed by atoms with Gasteiger partial charge in [0, 0.05) is 33.0 Å². The summed E-state index contributed by atoms with van der Waals surface area (Å²) in [7, 11) is 0. The molecule has 0 bridgehead atoms. The predicted octanol–water partition coefficient (Wildman–Crippen LogP) is 10.8. The van der Waals surface area contributed by atoms with E-state index in [9.17, 15) is 19.2 Å². The molecule has 12 heteroatoms. The molecule has 0 unspecified atom stereocenters. The first-order valence-electron chi connectivity index (χ1n) is 23.1. The van der Waals surface area contributed by atoms with Gasteiger partial charge in [0.25, 0.3) is 0 Å². The van der Waals surface area contributed by atoms with Gasteiger partial charge >= 0.3 is 23.9 Å². The Morgan fingerprint density at radius 2 is 0.873 bits per heavy atom. The van der Waals surface area contributed by atoms with E-state index in [1.165, 1.54) is 31.7 Å². The van der Waals surface area contributed by atoms with Gasteiger partial charge in [-0.3, -0.25) is 14.4 Å². The molecule has 0 aliphatic heterocycles. The molecule has 0 saturated carbocycles. The third-order valence-electron chi connectivity index (χ3n) is 9.94. The van der Waals surface area contributed by atoms with Crippen molar-refractivity contribution in [1.82, 2.24) is 0 Å². The summed E-state index contributed by atoms with van der Waals surface area (Å²) in [4.78, 5) is 46.6. The topological polar surface area (TPSA) is 164 Å². The molecule has 12 nitrogen and oxygen atoms in total. The smallest absolute Gasteiger partial charge is 0.343 e. The molecular formula is C51H74O12. The molecule has 0 radical (unpaired) electrons. The Morgan fingerprint density at radius 3 is 1.32 bits per heavy atom. The minimum absolute atomic E-state index is 0.105. The van der Waals surface area contributed by atoms with Crippen LogP contribution in [0.25, 0.3) is 0 Å². The van der Waals surface area contributed by atoms with Crippen LogP contribution in [0.3, 0.4) is 0 Å². The van der Waals surface area contributed by atoms with Crippen molar-refractivity contribution in [3.8, 4) is 23.0 Å². The van der Waals surface area contributed by atoms with Crippen LogP contribution >= 0.6 is 0 Å². The molecule has 3 aromatic carbocycles. The third-order valence-corrected chi connectivity index (χ3v) is 9.94. The van der Waals surface area contributed by atoms with Crippen LogP contribution in [0.2, 0.25) is 0 Å². The molecule has 0 atom stereocenters. The highest BCUT2D eigenvalue weighted by atomic mass is 16.5. The molecule has 0 aliphatic carbocycles. The molecule has 0 heterocycles. The van der Waals surface area contributed by atoms with Crippen molar-refractivity contribution in [3.63, 3.8) is 0 Å². The number of hydrogen-bond donors (Lipinski definition) is 2. The number of ether oxygens (including phenoxy) is 6. The van der Waals surface area contributed by atoms with Crippen LogP contribution in [-0.4, -0.2) is 73.7 Å². The van der Waals surface area contributed by atoms with Crippen LogP contribution in [0.5, 0.6) is 23.0 Å². The second kappa shape index (κ2) is 35.5. The summed E-state index contributed by atoms with van der Waals surface area (Å²) in [6.07, 6.45) is 18.5. The maximum atomic E-state index is 12.4. The molecule has 63 heavy (non-hydrogen) atoms. The zero-order valence-corrected chi connectivity index (χ0v) is 38.2. The first kappa shape index (κ1) is 54.2. The molecule has 0 amide bonds. The van der Waals surface area contributed by atoms with Gasteiger partial charge in [-0.05, 0) is 125 Å². The highest BCUT2D eigenvalue weighted by Crippen LogP contribution is 2.25. The lowest BCUT2D eigenvalue weighted by molar-refractivity contribution is -0.144. The molecule has 0 spiro atoms. The zero-order valence-electron chi connectivity index (χ0n) is 38.2. The molecule has 0 aliphatic rings. The SMILES string of the molecule is CC(=O)Oc1ccc(OC(=O)c2ccc(OCCCCCCCCOC(=O)CCCCCO)cc2)cc1C.Cc1ccc(OCCCCCCCCOC(=O)CCCCCO)cc1. The van der Waals surface area contributed by atoms with E-state index in [0.29, 0.717) is 61.0 Å². The lowest BCUT2D eigenvalue weighted by Gasteiger charge is -2.09. The number of esters is 4. The van der Waals surface area contributed by atoms with E-state index in [1.807, 2.05) is 12.1 Å². The fraction of sp³-hybridized carbons (Fsp3) is 0.569. The summed E-state index contributed by atoms with van der Waals surface area (Å²) in [5.41, 5.74) is 2.35. The molecule has 3 rings (SSSR count). The molecule has 3 aromatic rings. The Kier molecular flexibility index (Phi) is 30.5. The van der Waals surface area contributed by atoms with Gasteiger partial charge in [-0.15, -0.1) is 0 Å². The minimum atomic E-state index is -0.482. The number of aryl methyl sites for hydroxylation is 2. The molecule has 0 aromatic heterocycles. The van der Waals surface area contributed by atoms with Gasteiger partial charge < -0.3 is 38.6 Å². The fourth-order valence-corrected chi connectivity index (χ4v) is 6.28. The quantitative estimate of drug-likeness (QED) is 0.0338. The fourth-order valence-electron chi connectivity index (χ4n) is 6.28. The van der Waals surface area contributed by atoms with Crippen molar-refractivity contribution in [2.24, 2.45) is 0 Å². The summed E-state index contributed by atoms with van der Waals surface area (Å²) in [6.45, 7) is 7.94. The van der Waals surface area contributed by atoms with Crippen LogP contribution in [0.4, 0.5) is 0 Å². The third kappa shape index (κ3) is 28.4. The second-order valence-electron chi connectivity index (χ2n) is 15.7. The Balaban J connectivity index is 0.000000473. The minimum Gasteiger partial charge on any atom is -0.494 e. The summed E-state index contributed by atoms with van der Waals surface area (Å²) < 4.78 is 32.4. The van der Waals surface area contributed by atoms with Crippen molar-refractivity contribution >= 4 is 23.9 Å². The highest BCUT2D eigenvalue weighted by Gasteiger charge is 2.12. The van der Waals surface area contributed by atoms with Crippen molar-refractivity contribution < 1.29 is 57.8 Å². The monoisotopic (exact) mass is 879 g/mol.